The highest BCUT2D eigenvalue weighted by atomic mass is 32.2. The largest absolute Gasteiger partial charge is 0.465 e. The first-order chi connectivity index (χ1) is 6.74. The van der Waals surface area contributed by atoms with Gasteiger partial charge < -0.3 is 5.11 Å². The monoisotopic (exact) mass is 214 g/mol. The van der Waals surface area contributed by atoms with Crippen molar-refractivity contribution >= 4 is 23.0 Å². The number of aliphatic imine (C=N–C) groups is 1. The van der Waals surface area contributed by atoms with Gasteiger partial charge in [-0.15, -0.1) is 0 Å². The number of carboxylic acid groups (broad SMARTS) is 1. The maximum atomic E-state index is 11.1. The first-order valence-corrected chi connectivity index (χ1v) is 6.10. The Balaban J connectivity index is 2.21. The molecule has 0 aromatic carbocycles. The molecule has 1 saturated carbocycles. The zero-order chi connectivity index (χ0) is 10.1. The molecular weight excluding hydrogens is 200 g/mol. The minimum absolute atomic E-state index is 0.115. The summed E-state index contributed by atoms with van der Waals surface area (Å²) in [5.74, 6) is 0. The van der Waals surface area contributed by atoms with E-state index >= 15 is 0 Å². The summed E-state index contributed by atoms with van der Waals surface area (Å²) in [5.41, 5.74) is 0. The topological polar surface area (TPSA) is 52.9 Å². The van der Waals surface area contributed by atoms with Crippen molar-refractivity contribution in [1.82, 2.24) is 4.90 Å². The quantitative estimate of drug-likeness (QED) is 0.671. The number of carbonyl (C=O) groups is 1. The van der Waals surface area contributed by atoms with Gasteiger partial charge in [-0.2, -0.15) is 0 Å². The van der Waals surface area contributed by atoms with E-state index < -0.39 is 6.09 Å². The fraction of sp³-hybridized carbons (Fsp3) is 0.778. The number of thioether (sulfide) groups is 1. The van der Waals surface area contributed by atoms with Crippen molar-refractivity contribution in [3.63, 3.8) is 0 Å². The molecule has 0 bridgehead atoms. The number of hydrogen-bond acceptors (Lipinski definition) is 3. The second-order valence-electron chi connectivity index (χ2n) is 3.69. The molecule has 2 aliphatic rings. The summed E-state index contributed by atoms with van der Waals surface area (Å²) in [6.07, 6.45) is 5.34. The summed E-state index contributed by atoms with van der Waals surface area (Å²) >= 11 is 1.43. The molecule has 78 valence electrons. The third kappa shape index (κ3) is 1.49. The Morgan fingerprint density at radius 3 is 2.93 bits per heavy atom. The van der Waals surface area contributed by atoms with Crippen LogP contribution in [0.3, 0.4) is 0 Å². The summed E-state index contributed by atoms with van der Waals surface area (Å²) in [7, 11) is 0. The summed E-state index contributed by atoms with van der Waals surface area (Å²) in [6.45, 7) is 0. The fourth-order valence-corrected chi connectivity index (χ4v) is 2.92. The second kappa shape index (κ2) is 3.81. The van der Waals surface area contributed by atoms with Crippen LogP contribution in [0.1, 0.15) is 25.7 Å². The van der Waals surface area contributed by atoms with Gasteiger partial charge in [-0.1, -0.05) is 24.6 Å². The maximum absolute atomic E-state index is 11.1. The van der Waals surface area contributed by atoms with Gasteiger partial charge in [-0.3, -0.25) is 9.89 Å². The summed E-state index contributed by atoms with van der Waals surface area (Å²) < 4.78 is 0. The van der Waals surface area contributed by atoms with Crippen LogP contribution in [-0.4, -0.2) is 39.6 Å². The van der Waals surface area contributed by atoms with E-state index in [0.717, 1.165) is 19.3 Å². The highest BCUT2D eigenvalue weighted by Gasteiger charge is 2.40. The Bertz CT molecular complexity index is 280. The third-order valence-electron chi connectivity index (χ3n) is 2.90. The van der Waals surface area contributed by atoms with Crippen LogP contribution in [0.2, 0.25) is 0 Å². The van der Waals surface area contributed by atoms with Crippen LogP contribution in [0.25, 0.3) is 0 Å². The summed E-state index contributed by atoms with van der Waals surface area (Å²) in [4.78, 5) is 17.0. The minimum Gasteiger partial charge on any atom is -0.465 e. The van der Waals surface area contributed by atoms with Crippen LogP contribution in [0, 0.1) is 0 Å². The van der Waals surface area contributed by atoms with E-state index in [-0.39, 0.29) is 12.1 Å². The van der Waals surface area contributed by atoms with E-state index in [1.807, 2.05) is 6.26 Å². The molecule has 1 aliphatic carbocycles. The van der Waals surface area contributed by atoms with E-state index in [1.54, 1.807) is 0 Å². The number of fused-ring (bicyclic) bond motifs is 1. The van der Waals surface area contributed by atoms with Gasteiger partial charge in [0.2, 0.25) is 0 Å². The summed E-state index contributed by atoms with van der Waals surface area (Å²) in [6, 6.07) is 0.339. The minimum atomic E-state index is -0.854. The van der Waals surface area contributed by atoms with Crippen molar-refractivity contribution in [2.45, 2.75) is 37.8 Å². The lowest BCUT2D eigenvalue weighted by Crippen LogP contribution is -2.43. The zero-order valence-electron chi connectivity index (χ0n) is 8.14. The van der Waals surface area contributed by atoms with Gasteiger partial charge in [-0.05, 0) is 19.1 Å². The fourth-order valence-electron chi connectivity index (χ4n) is 2.26. The van der Waals surface area contributed by atoms with E-state index in [0.29, 0.717) is 5.17 Å². The predicted molar refractivity (Wildman–Crippen MR) is 56.9 cm³/mol. The van der Waals surface area contributed by atoms with Crippen molar-refractivity contribution in [2.75, 3.05) is 6.26 Å². The van der Waals surface area contributed by atoms with Crippen LogP contribution in [0.4, 0.5) is 4.79 Å². The summed E-state index contributed by atoms with van der Waals surface area (Å²) in [5, 5.41) is 9.76. The van der Waals surface area contributed by atoms with Gasteiger partial charge in [0.15, 0.2) is 5.17 Å². The molecular formula is C9H14N2O2S. The van der Waals surface area contributed by atoms with Gasteiger partial charge in [0.05, 0.1) is 12.1 Å². The number of hydrogen-bond donors (Lipinski definition) is 1. The Labute approximate surface area is 87.4 Å². The number of nitrogens with zero attached hydrogens (tertiary/aromatic N) is 2. The molecule has 2 atom stereocenters. The SMILES string of the molecule is CSC1=N[C@@H]2CCCC[C@@H]2N1C(=O)O. The first kappa shape index (κ1) is 9.83. The van der Waals surface area contributed by atoms with Crippen LogP contribution >= 0.6 is 11.8 Å². The molecule has 0 aromatic heterocycles. The van der Waals surface area contributed by atoms with Crippen LogP contribution in [0.5, 0.6) is 0 Å². The average Bonchev–Trinajstić information content (AvgIpc) is 2.55. The number of amides is 1. The molecule has 0 saturated heterocycles. The average molecular weight is 214 g/mol. The Hall–Kier alpha value is -0.710. The molecule has 1 fully saturated rings. The third-order valence-corrected chi connectivity index (χ3v) is 3.56. The molecule has 0 spiro atoms. The lowest BCUT2D eigenvalue weighted by molar-refractivity contribution is 0.150. The smallest absolute Gasteiger partial charge is 0.413 e. The second-order valence-corrected chi connectivity index (χ2v) is 4.46. The number of amidine groups is 1. The van der Waals surface area contributed by atoms with Crippen LogP contribution in [0.15, 0.2) is 4.99 Å². The molecule has 0 unspecified atom stereocenters. The molecule has 4 nitrogen and oxygen atoms in total. The molecule has 14 heavy (non-hydrogen) atoms. The standard InChI is InChI=1S/C9H14N2O2S/c1-14-8-10-6-4-2-3-5-7(6)11(8)9(12)13/h6-7H,2-5H2,1H3,(H,12,13)/t6-,7+/m1/s1. The van der Waals surface area contributed by atoms with E-state index in [9.17, 15) is 4.79 Å². The van der Waals surface area contributed by atoms with Crippen molar-refractivity contribution in [3.05, 3.63) is 0 Å². The van der Waals surface area contributed by atoms with Gasteiger partial charge in [0.25, 0.3) is 0 Å². The molecule has 0 aromatic rings. The van der Waals surface area contributed by atoms with Gasteiger partial charge in [-0.25, -0.2) is 4.79 Å². The lowest BCUT2D eigenvalue weighted by atomic mass is 9.91. The molecule has 1 heterocycles. The zero-order valence-corrected chi connectivity index (χ0v) is 8.96. The van der Waals surface area contributed by atoms with Gasteiger partial charge in [0, 0.05) is 0 Å². The van der Waals surface area contributed by atoms with E-state index in [4.69, 9.17) is 5.11 Å². The Morgan fingerprint density at radius 2 is 2.29 bits per heavy atom. The number of rotatable bonds is 0. The van der Waals surface area contributed by atoms with Crippen molar-refractivity contribution < 1.29 is 9.90 Å². The molecule has 0 radical (unpaired) electrons. The van der Waals surface area contributed by atoms with Crippen molar-refractivity contribution in [3.8, 4) is 0 Å². The normalized spacial score (nSPS) is 31.2. The van der Waals surface area contributed by atoms with E-state index in [2.05, 4.69) is 4.99 Å². The van der Waals surface area contributed by atoms with Crippen molar-refractivity contribution in [2.24, 2.45) is 4.99 Å². The van der Waals surface area contributed by atoms with Crippen LogP contribution < -0.4 is 0 Å². The molecule has 5 heteroatoms. The Morgan fingerprint density at radius 1 is 1.57 bits per heavy atom. The highest BCUT2D eigenvalue weighted by molar-refractivity contribution is 8.13. The van der Waals surface area contributed by atoms with E-state index in [1.165, 1.54) is 23.1 Å². The first-order valence-electron chi connectivity index (χ1n) is 4.88. The molecule has 1 N–H and O–H groups in total. The van der Waals surface area contributed by atoms with Gasteiger partial charge >= 0.3 is 6.09 Å². The van der Waals surface area contributed by atoms with Crippen LogP contribution in [-0.2, 0) is 0 Å². The molecule has 1 amide bonds. The molecule has 2 rings (SSSR count). The van der Waals surface area contributed by atoms with Gasteiger partial charge in [0.1, 0.15) is 0 Å². The molecule has 1 aliphatic heterocycles. The highest BCUT2D eigenvalue weighted by Crippen LogP contribution is 2.33. The van der Waals surface area contributed by atoms with Crippen molar-refractivity contribution in [1.29, 1.82) is 0 Å². The predicted octanol–water partition coefficient (Wildman–Crippen LogP) is 2.01. The lowest BCUT2D eigenvalue weighted by Gasteiger charge is -2.28. The Kier molecular flexibility index (Phi) is 2.67. The maximum Gasteiger partial charge on any atom is 0.413 e.